The molecule has 55 heavy (non-hydrogen) atoms. The molecule has 2 aromatic heterocycles. The van der Waals surface area contributed by atoms with Gasteiger partial charge in [0.25, 0.3) is 0 Å². The Labute approximate surface area is 344 Å². The standard InChI is InChI=1S/C50H44N3O.Pt/c1-32(2)34-19-21-36(22-20-34)37-23-24-51-45(31-37)40-27-39(28-41(29-40)50(4,5)6)43-16-12-17-46-48(43)52-49(44-15-10-11-18-47(44)54)53(46)42-26-33(3)25-38(30-42)35-13-8-7-9-14-35;/h7-26,28-32,54H,1-6H3;/q-1;/i3D3,32D;. The molecule has 8 rings (SSSR count). The van der Waals surface area contributed by atoms with Crippen molar-refractivity contribution in [3.05, 3.63) is 168 Å². The van der Waals surface area contributed by atoms with E-state index in [1.54, 1.807) is 24.3 Å². The van der Waals surface area contributed by atoms with Crippen LogP contribution < -0.4 is 0 Å². The molecular formula is C50H44N3OPt-. The van der Waals surface area contributed by atoms with E-state index in [1.807, 2.05) is 110 Å². The van der Waals surface area contributed by atoms with Gasteiger partial charge in [0.2, 0.25) is 0 Å². The number of phenols is 1. The monoisotopic (exact) mass is 901 g/mol. The van der Waals surface area contributed by atoms with Gasteiger partial charge < -0.3 is 5.11 Å². The van der Waals surface area contributed by atoms with Gasteiger partial charge in [0, 0.05) is 44.1 Å². The number of aromatic nitrogens is 3. The molecule has 0 amide bonds. The van der Waals surface area contributed by atoms with Crippen molar-refractivity contribution in [3.63, 3.8) is 0 Å². The third-order valence-electron chi connectivity index (χ3n) is 9.97. The Kier molecular flexibility index (Phi) is 9.12. The number of hydrogen-bond donors (Lipinski definition) is 1. The summed E-state index contributed by atoms with van der Waals surface area (Å²) < 4.78 is 35.6. The van der Waals surface area contributed by atoms with Crippen molar-refractivity contribution in [1.82, 2.24) is 14.5 Å². The van der Waals surface area contributed by atoms with Crippen LogP contribution in [-0.2, 0) is 26.5 Å². The van der Waals surface area contributed by atoms with Crippen LogP contribution in [0.25, 0.3) is 72.7 Å². The van der Waals surface area contributed by atoms with Gasteiger partial charge >= 0.3 is 0 Å². The molecule has 0 fully saturated rings. The van der Waals surface area contributed by atoms with Crippen LogP contribution in [0.4, 0.5) is 0 Å². The molecule has 0 aliphatic carbocycles. The molecule has 2 heterocycles. The largest absolute Gasteiger partial charge is 0.507 e. The summed E-state index contributed by atoms with van der Waals surface area (Å²) in [5.41, 5.74) is 11.5. The summed E-state index contributed by atoms with van der Waals surface area (Å²) in [5.74, 6) is -0.152. The molecule has 0 saturated carbocycles. The Morgan fingerprint density at radius 2 is 1.42 bits per heavy atom. The molecule has 0 aliphatic heterocycles. The van der Waals surface area contributed by atoms with Crippen molar-refractivity contribution in [2.24, 2.45) is 0 Å². The summed E-state index contributed by atoms with van der Waals surface area (Å²) in [6.45, 7) is 7.95. The number of hydrogen-bond acceptors (Lipinski definition) is 3. The van der Waals surface area contributed by atoms with Gasteiger partial charge in [-0.1, -0.05) is 137 Å². The third kappa shape index (κ3) is 7.57. The predicted molar refractivity (Wildman–Crippen MR) is 224 cm³/mol. The molecule has 6 aromatic carbocycles. The molecule has 0 aliphatic rings. The first-order chi connectivity index (χ1) is 27.5. The van der Waals surface area contributed by atoms with Gasteiger partial charge in [0.05, 0.1) is 16.6 Å². The molecule has 1 N–H and O–H groups in total. The van der Waals surface area contributed by atoms with Crippen LogP contribution in [-0.4, -0.2) is 19.6 Å². The topological polar surface area (TPSA) is 50.9 Å². The van der Waals surface area contributed by atoms with Crippen LogP contribution in [0, 0.1) is 12.9 Å². The van der Waals surface area contributed by atoms with E-state index in [4.69, 9.17) is 15.5 Å². The fraction of sp³-hybridized carbons (Fsp3) is 0.160. The van der Waals surface area contributed by atoms with E-state index in [0.29, 0.717) is 22.6 Å². The fourth-order valence-corrected chi connectivity index (χ4v) is 7.00. The zero-order valence-corrected chi connectivity index (χ0v) is 33.7. The second kappa shape index (κ2) is 15.3. The van der Waals surface area contributed by atoms with Gasteiger partial charge in [-0.3, -0.25) is 9.55 Å². The van der Waals surface area contributed by atoms with Gasteiger partial charge in [-0.05, 0) is 87.9 Å². The Morgan fingerprint density at radius 1 is 0.709 bits per heavy atom. The molecular weight excluding hydrogens is 854 g/mol. The van der Waals surface area contributed by atoms with Crippen molar-refractivity contribution < 1.29 is 31.7 Å². The number of benzene rings is 6. The van der Waals surface area contributed by atoms with Crippen LogP contribution >= 0.6 is 0 Å². The minimum atomic E-state index is -2.37. The van der Waals surface area contributed by atoms with Crippen LogP contribution in [0.5, 0.6) is 5.75 Å². The van der Waals surface area contributed by atoms with Gasteiger partial charge in [0.1, 0.15) is 11.6 Å². The van der Waals surface area contributed by atoms with Crippen molar-refractivity contribution in [2.75, 3.05) is 0 Å². The van der Waals surface area contributed by atoms with E-state index in [2.05, 4.69) is 57.2 Å². The first-order valence-electron chi connectivity index (χ1n) is 20.2. The van der Waals surface area contributed by atoms with Crippen molar-refractivity contribution in [3.8, 4) is 67.5 Å². The van der Waals surface area contributed by atoms with Gasteiger partial charge in [0.15, 0.2) is 0 Å². The molecule has 0 saturated heterocycles. The first-order valence-corrected chi connectivity index (χ1v) is 18.2. The number of fused-ring (bicyclic) bond motifs is 1. The van der Waals surface area contributed by atoms with E-state index >= 15 is 0 Å². The summed E-state index contributed by atoms with van der Waals surface area (Å²) >= 11 is 0. The van der Waals surface area contributed by atoms with Gasteiger partial charge in [-0.2, -0.15) is 0 Å². The number of phenolic OH excluding ortho intramolecular Hbond substituents is 1. The Morgan fingerprint density at radius 3 is 2.15 bits per heavy atom. The molecule has 8 aromatic rings. The minimum absolute atomic E-state index is 0. The van der Waals surface area contributed by atoms with Crippen molar-refractivity contribution >= 4 is 11.0 Å². The van der Waals surface area contributed by atoms with Crippen LogP contribution in [0.15, 0.2) is 146 Å². The zero-order chi connectivity index (χ0) is 41.0. The maximum Gasteiger partial charge on any atom is 0.148 e. The van der Waals surface area contributed by atoms with E-state index in [-0.39, 0.29) is 37.8 Å². The Balaban J connectivity index is 0.00000528. The molecule has 276 valence electrons. The van der Waals surface area contributed by atoms with Gasteiger partial charge in [-0.15, -0.1) is 29.3 Å². The molecule has 0 atom stereocenters. The quantitative estimate of drug-likeness (QED) is 0.162. The summed E-state index contributed by atoms with van der Waals surface area (Å²) in [5, 5.41) is 11.2. The number of para-hydroxylation sites is 2. The summed E-state index contributed by atoms with van der Waals surface area (Å²) in [7, 11) is 0. The number of pyridine rings is 1. The second-order valence-electron chi connectivity index (χ2n) is 15.0. The molecule has 4 nitrogen and oxygen atoms in total. The molecule has 0 bridgehead atoms. The maximum absolute atomic E-state index is 11.2. The zero-order valence-electron chi connectivity index (χ0n) is 35.5. The molecule has 0 unspecified atom stereocenters. The molecule has 0 radical (unpaired) electrons. The Bertz CT molecular complexity index is 2800. The SMILES string of the molecule is [2H]C([2H])([2H])c1cc(-c2ccccc2)cc(-n2c(-c3ccccc3O)nc3c(-c4[c-]c(-c5cc(-c6ccc(C([2H])(C)C)cc6)ccn5)cc(C(C)(C)C)c4)cccc32)c1.[Pt]. The van der Waals surface area contributed by atoms with Gasteiger partial charge in [-0.25, -0.2) is 4.98 Å². The van der Waals surface area contributed by atoms with Crippen molar-refractivity contribution in [2.45, 2.75) is 52.8 Å². The third-order valence-corrected chi connectivity index (χ3v) is 9.97. The number of aryl methyl sites for hydroxylation is 1. The average Bonchev–Trinajstić information content (AvgIpc) is 3.60. The number of imidazole rings is 1. The normalized spacial score (nSPS) is 13.0. The average molecular weight is 902 g/mol. The van der Waals surface area contributed by atoms with Crippen molar-refractivity contribution in [1.29, 1.82) is 0 Å². The summed E-state index contributed by atoms with van der Waals surface area (Å²) in [6, 6.07) is 48.4. The maximum atomic E-state index is 11.2. The van der Waals surface area contributed by atoms with E-state index in [9.17, 15) is 5.11 Å². The summed E-state index contributed by atoms with van der Waals surface area (Å²) in [6.07, 6.45) is 1.82. The van der Waals surface area contributed by atoms with E-state index < -0.39 is 12.7 Å². The molecule has 5 heteroatoms. The Hall–Kier alpha value is -5.57. The first kappa shape index (κ1) is 32.8. The second-order valence-corrected chi connectivity index (χ2v) is 15.0. The predicted octanol–water partition coefficient (Wildman–Crippen LogP) is 13.0. The minimum Gasteiger partial charge on any atom is -0.507 e. The number of nitrogens with zero attached hydrogens (tertiary/aromatic N) is 3. The number of aromatic hydroxyl groups is 1. The summed E-state index contributed by atoms with van der Waals surface area (Å²) in [4.78, 5) is 10.1. The van der Waals surface area contributed by atoms with Crippen LogP contribution in [0.1, 0.15) is 62.7 Å². The number of rotatable bonds is 7. The smallest absolute Gasteiger partial charge is 0.148 e. The molecule has 0 spiro atoms. The fourth-order valence-electron chi connectivity index (χ4n) is 7.00. The van der Waals surface area contributed by atoms with E-state index in [0.717, 1.165) is 61.3 Å². The van der Waals surface area contributed by atoms with Crippen LogP contribution in [0.2, 0.25) is 0 Å². The van der Waals surface area contributed by atoms with E-state index in [1.165, 1.54) is 0 Å². The van der Waals surface area contributed by atoms with Crippen LogP contribution in [0.3, 0.4) is 0 Å².